The molecule has 0 aliphatic heterocycles. The molecule has 0 spiro atoms. The quantitative estimate of drug-likeness (QED) is 0.232. The molecule has 3 aromatic carbocycles. The maximum absolute atomic E-state index is 13.6. The van der Waals surface area contributed by atoms with Gasteiger partial charge in [0.2, 0.25) is 0 Å². The van der Waals surface area contributed by atoms with E-state index in [0.29, 0.717) is 12.2 Å². The van der Waals surface area contributed by atoms with Crippen LogP contribution in [0, 0.1) is 0 Å². The minimum Gasteiger partial charge on any atom is -0.489 e. The Morgan fingerprint density at radius 2 is 1.51 bits per heavy atom. The molecule has 0 radical (unpaired) electrons. The molecule has 0 aliphatic rings. The Morgan fingerprint density at radius 1 is 0.800 bits per heavy atom. The molecule has 0 bridgehead atoms. The van der Waals surface area contributed by atoms with Gasteiger partial charge < -0.3 is 9.14 Å². The molecule has 0 aliphatic carbocycles. The summed E-state index contributed by atoms with van der Waals surface area (Å²) in [5, 5.41) is 0. The van der Waals surface area contributed by atoms with Gasteiger partial charge in [-0.2, -0.15) is 0 Å². The number of carbonyl (C=O) groups is 1. The highest BCUT2D eigenvalue weighted by Crippen LogP contribution is 2.40. The first-order valence-corrected chi connectivity index (χ1v) is 12.0. The molecule has 0 atom stereocenters. The molecule has 0 N–H and O–H groups in total. The molecule has 3 aromatic heterocycles. The highest BCUT2D eigenvalue weighted by atomic mass is 16.5. The van der Waals surface area contributed by atoms with Crippen LogP contribution in [-0.2, 0) is 13.0 Å². The number of benzene rings is 3. The van der Waals surface area contributed by atoms with Gasteiger partial charge >= 0.3 is 0 Å². The van der Waals surface area contributed by atoms with Crippen molar-refractivity contribution in [1.29, 1.82) is 0 Å². The Kier molecular flexibility index (Phi) is 5.31. The zero-order valence-electron chi connectivity index (χ0n) is 19.6. The molecule has 6 aromatic rings. The summed E-state index contributed by atoms with van der Waals surface area (Å²) >= 11 is 0. The van der Waals surface area contributed by atoms with Gasteiger partial charge in [-0.15, -0.1) is 0 Å². The van der Waals surface area contributed by atoms with Crippen LogP contribution in [0.2, 0.25) is 0 Å². The molecule has 0 saturated carbocycles. The summed E-state index contributed by atoms with van der Waals surface area (Å²) in [6.45, 7) is 2.71. The number of rotatable bonds is 7. The van der Waals surface area contributed by atoms with Gasteiger partial charge in [-0.3, -0.25) is 4.79 Å². The van der Waals surface area contributed by atoms with Gasteiger partial charge in [0.1, 0.15) is 12.4 Å². The van der Waals surface area contributed by atoms with Crippen LogP contribution in [0.25, 0.3) is 27.7 Å². The van der Waals surface area contributed by atoms with Crippen LogP contribution >= 0.6 is 0 Å². The minimum atomic E-state index is 0.0490. The Bertz CT molecular complexity index is 1610. The number of hydrogen-bond acceptors (Lipinski definition) is 2. The lowest BCUT2D eigenvalue weighted by Gasteiger charge is -2.09. The largest absolute Gasteiger partial charge is 0.489 e. The van der Waals surface area contributed by atoms with E-state index >= 15 is 0 Å². The third-order valence-corrected chi connectivity index (χ3v) is 6.66. The van der Waals surface area contributed by atoms with Crippen LogP contribution < -0.4 is 4.74 Å². The summed E-state index contributed by atoms with van der Waals surface area (Å²) in [5.41, 5.74) is 9.24. The maximum atomic E-state index is 13.6. The Balaban J connectivity index is 1.46. The van der Waals surface area contributed by atoms with Crippen molar-refractivity contribution in [3.63, 3.8) is 0 Å². The van der Waals surface area contributed by atoms with Gasteiger partial charge in [-0.25, -0.2) is 0 Å². The van der Waals surface area contributed by atoms with E-state index in [1.54, 1.807) is 0 Å². The summed E-state index contributed by atoms with van der Waals surface area (Å²) in [6, 6.07) is 36.3. The van der Waals surface area contributed by atoms with E-state index in [1.165, 1.54) is 5.56 Å². The van der Waals surface area contributed by atoms with Crippen LogP contribution in [0.15, 0.2) is 109 Å². The van der Waals surface area contributed by atoms with E-state index in [2.05, 4.69) is 53.8 Å². The number of pyridine rings is 1. The van der Waals surface area contributed by atoms with Crippen LogP contribution in [-0.4, -0.2) is 10.2 Å². The van der Waals surface area contributed by atoms with Crippen LogP contribution in [0.4, 0.5) is 0 Å². The number of hydrogen-bond donors (Lipinski definition) is 0. The number of carbonyl (C=O) groups excluding carboxylic acids is 1. The zero-order valence-corrected chi connectivity index (χ0v) is 19.6. The summed E-state index contributed by atoms with van der Waals surface area (Å²) in [6.07, 6.45) is 0.876. The van der Waals surface area contributed by atoms with Gasteiger partial charge in [0.05, 0.1) is 11.0 Å². The van der Waals surface area contributed by atoms with Crippen molar-refractivity contribution in [2.45, 2.75) is 20.0 Å². The van der Waals surface area contributed by atoms with Crippen LogP contribution in [0.3, 0.4) is 0 Å². The van der Waals surface area contributed by atoms with E-state index in [4.69, 9.17) is 4.74 Å². The smallest absolute Gasteiger partial charge is 0.195 e. The van der Waals surface area contributed by atoms with Crippen molar-refractivity contribution in [2.75, 3.05) is 0 Å². The molecule has 0 amide bonds. The second-order valence-corrected chi connectivity index (χ2v) is 8.78. The highest BCUT2D eigenvalue weighted by molar-refractivity contribution is 6.18. The molecule has 3 heterocycles. The number of aromatic nitrogens is 1. The first kappa shape index (κ1) is 21.2. The highest BCUT2D eigenvalue weighted by Gasteiger charge is 2.25. The summed E-state index contributed by atoms with van der Waals surface area (Å²) in [4.78, 5) is 13.6. The Labute approximate surface area is 204 Å². The SMILES string of the molecule is CCc1c(-c2ccc(OCc3ccccc3)cc2)c2c(C(=O)c3ccccc3)cc3cccc1n32. The molecule has 0 unspecified atom stereocenters. The molecule has 0 saturated heterocycles. The second kappa shape index (κ2) is 8.77. The molecule has 6 rings (SSSR count). The van der Waals surface area contributed by atoms with Gasteiger partial charge in [-0.1, -0.05) is 85.8 Å². The summed E-state index contributed by atoms with van der Waals surface area (Å²) in [5.74, 6) is 0.876. The zero-order chi connectivity index (χ0) is 23.8. The van der Waals surface area contributed by atoms with E-state index in [0.717, 1.165) is 51.0 Å². The lowest BCUT2D eigenvalue weighted by atomic mass is 9.96. The van der Waals surface area contributed by atoms with Gasteiger partial charge in [0.15, 0.2) is 5.78 Å². The fourth-order valence-corrected chi connectivity index (χ4v) is 5.02. The molecule has 35 heavy (non-hydrogen) atoms. The predicted molar refractivity (Wildman–Crippen MR) is 142 cm³/mol. The second-order valence-electron chi connectivity index (χ2n) is 8.78. The topological polar surface area (TPSA) is 30.7 Å². The first-order chi connectivity index (χ1) is 17.2. The predicted octanol–water partition coefficient (Wildman–Crippen LogP) is 7.57. The lowest BCUT2D eigenvalue weighted by Crippen LogP contribution is -2.00. The number of ether oxygens (including phenoxy) is 1. The maximum Gasteiger partial charge on any atom is 0.195 e. The van der Waals surface area contributed by atoms with E-state index in [9.17, 15) is 4.79 Å². The van der Waals surface area contributed by atoms with Crippen LogP contribution in [0.5, 0.6) is 5.75 Å². The lowest BCUT2D eigenvalue weighted by molar-refractivity contribution is 0.104. The van der Waals surface area contributed by atoms with Gasteiger partial charge in [0, 0.05) is 22.2 Å². The fraction of sp³-hybridized carbons (Fsp3) is 0.0938. The number of aryl methyl sites for hydroxylation is 1. The first-order valence-electron chi connectivity index (χ1n) is 12.0. The third kappa shape index (κ3) is 3.66. The molecular formula is C32H25NO2. The molecular weight excluding hydrogens is 430 g/mol. The minimum absolute atomic E-state index is 0.0490. The fourth-order valence-electron chi connectivity index (χ4n) is 5.02. The normalized spacial score (nSPS) is 11.3. The Hall–Kier alpha value is -4.37. The number of nitrogens with zero attached hydrogens (tertiary/aromatic N) is 1. The van der Waals surface area contributed by atoms with Crippen molar-refractivity contribution >= 4 is 22.3 Å². The van der Waals surface area contributed by atoms with E-state index in [1.807, 2.05) is 66.7 Å². The molecule has 170 valence electrons. The molecule has 0 fully saturated rings. The van der Waals surface area contributed by atoms with E-state index < -0.39 is 0 Å². The Morgan fingerprint density at radius 3 is 2.23 bits per heavy atom. The summed E-state index contributed by atoms with van der Waals surface area (Å²) in [7, 11) is 0. The molecule has 3 nitrogen and oxygen atoms in total. The summed E-state index contributed by atoms with van der Waals surface area (Å²) < 4.78 is 8.25. The van der Waals surface area contributed by atoms with Gasteiger partial charge in [0.25, 0.3) is 0 Å². The molecule has 3 heteroatoms. The van der Waals surface area contributed by atoms with E-state index in [-0.39, 0.29) is 5.78 Å². The average Bonchev–Trinajstić information content (AvgIpc) is 3.47. The monoisotopic (exact) mass is 455 g/mol. The van der Waals surface area contributed by atoms with Crippen molar-refractivity contribution in [1.82, 2.24) is 4.40 Å². The average molecular weight is 456 g/mol. The van der Waals surface area contributed by atoms with Crippen molar-refractivity contribution in [2.24, 2.45) is 0 Å². The third-order valence-electron chi connectivity index (χ3n) is 6.66. The number of ketones is 1. The van der Waals surface area contributed by atoms with Crippen molar-refractivity contribution < 1.29 is 9.53 Å². The van der Waals surface area contributed by atoms with Gasteiger partial charge in [-0.05, 0) is 53.4 Å². The van der Waals surface area contributed by atoms with Crippen molar-refractivity contribution in [3.8, 4) is 16.9 Å². The van der Waals surface area contributed by atoms with Crippen LogP contribution in [0.1, 0.15) is 34.0 Å². The van der Waals surface area contributed by atoms with Crippen molar-refractivity contribution in [3.05, 3.63) is 131 Å². The standard InChI is InChI=1S/C32H25NO2/c1-2-27-29-15-9-14-25-20-28(32(34)24-12-7-4-8-13-24)31(33(25)29)30(27)23-16-18-26(19-17-23)35-21-22-10-5-3-6-11-22/h3-20H,2,21H2,1H3.